The van der Waals surface area contributed by atoms with Gasteiger partial charge < -0.3 is 14.0 Å². The first-order valence-electron chi connectivity index (χ1n) is 13.0. The first kappa shape index (κ1) is 24.8. The van der Waals surface area contributed by atoms with Gasteiger partial charge in [-0.05, 0) is 50.6 Å². The summed E-state index contributed by atoms with van der Waals surface area (Å²) >= 11 is 0. The third-order valence-electron chi connectivity index (χ3n) is 7.24. The predicted molar refractivity (Wildman–Crippen MR) is 147 cm³/mol. The Bertz CT molecular complexity index is 1490. The van der Waals surface area contributed by atoms with Crippen molar-refractivity contribution in [3.05, 3.63) is 88.9 Å². The second-order valence-electron chi connectivity index (χ2n) is 9.48. The number of carbonyl (C=O) groups excluding carboxylic acids is 1. The van der Waals surface area contributed by atoms with E-state index >= 15 is 0 Å². The lowest BCUT2D eigenvalue weighted by Gasteiger charge is -2.31. The number of para-hydroxylation sites is 1. The molecule has 1 unspecified atom stereocenters. The lowest BCUT2D eigenvalue weighted by molar-refractivity contribution is 0.0237. The van der Waals surface area contributed by atoms with Gasteiger partial charge in [0, 0.05) is 53.2 Å². The minimum absolute atomic E-state index is 0.389. The van der Waals surface area contributed by atoms with Gasteiger partial charge in [-0.25, -0.2) is 4.79 Å². The number of rotatable bonds is 9. The van der Waals surface area contributed by atoms with E-state index in [4.69, 9.17) is 14.5 Å². The summed E-state index contributed by atoms with van der Waals surface area (Å²) in [5.41, 5.74) is 4.29. The zero-order chi connectivity index (χ0) is 26.0. The van der Waals surface area contributed by atoms with Crippen LogP contribution < -0.4 is 4.74 Å². The standard InChI is InChI=1S/C31H33N3O3/c1-5-7-8-11-19-36-27-20-22(32-6-2)16-17-25(27)31(29-24(30(35)37-31)14-12-18-33-29)28-21(3)34(4)26-15-10-9-13-23(26)28/h6,9-10,12-18,20H,5,7-8,11,19H2,1-4H3. The quantitative estimate of drug-likeness (QED) is 0.142. The van der Waals surface area contributed by atoms with Crippen molar-refractivity contribution in [3.63, 3.8) is 0 Å². The smallest absolute Gasteiger partial charge is 0.341 e. The van der Waals surface area contributed by atoms with Crippen LogP contribution in [0.3, 0.4) is 0 Å². The SMILES string of the molecule is CC=Nc1ccc(C2(c3c(C)n(C)c4ccccc34)OC(=O)c3cccnc32)c(OCCCCCC)c1. The molecule has 0 N–H and O–H groups in total. The summed E-state index contributed by atoms with van der Waals surface area (Å²) < 4.78 is 15.0. The zero-order valence-corrected chi connectivity index (χ0v) is 22.0. The molecule has 4 aromatic rings. The van der Waals surface area contributed by atoms with E-state index in [1.54, 1.807) is 24.5 Å². The van der Waals surface area contributed by atoms with Gasteiger partial charge in [-0.1, -0.05) is 44.4 Å². The molecule has 0 amide bonds. The zero-order valence-electron chi connectivity index (χ0n) is 22.0. The second kappa shape index (κ2) is 10.2. The number of fused-ring (bicyclic) bond motifs is 2. The Balaban J connectivity index is 1.79. The topological polar surface area (TPSA) is 65.7 Å². The fraction of sp³-hybridized carbons (Fsp3) is 0.323. The largest absolute Gasteiger partial charge is 0.493 e. The van der Waals surface area contributed by atoms with E-state index in [0.717, 1.165) is 52.7 Å². The summed E-state index contributed by atoms with van der Waals surface area (Å²) in [7, 11) is 2.04. The van der Waals surface area contributed by atoms with E-state index < -0.39 is 5.60 Å². The molecule has 6 heteroatoms. The Labute approximate surface area is 218 Å². The monoisotopic (exact) mass is 495 g/mol. The molecule has 1 aliphatic rings. The van der Waals surface area contributed by atoms with Crippen LogP contribution in [0.4, 0.5) is 5.69 Å². The minimum atomic E-state index is -1.26. The summed E-state index contributed by atoms with van der Waals surface area (Å²) in [5, 5.41) is 1.01. The number of unbranched alkanes of at least 4 members (excludes halogenated alkanes) is 3. The van der Waals surface area contributed by atoms with E-state index in [2.05, 4.69) is 35.5 Å². The molecular weight excluding hydrogens is 462 g/mol. The number of benzene rings is 2. The number of aliphatic imine (C=N–C) groups is 1. The number of cyclic esters (lactones) is 1. The van der Waals surface area contributed by atoms with Crippen molar-refractivity contribution in [1.82, 2.24) is 9.55 Å². The van der Waals surface area contributed by atoms with Crippen LogP contribution in [0.25, 0.3) is 10.9 Å². The third-order valence-corrected chi connectivity index (χ3v) is 7.24. The first-order chi connectivity index (χ1) is 18.0. The Morgan fingerprint density at radius 3 is 2.76 bits per heavy atom. The van der Waals surface area contributed by atoms with Crippen molar-refractivity contribution < 1.29 is 14.3 Å². The Kier molecular flexibility index (Phi) is 6.83. The number of carbonyl (C=O) groups is 1. The molecule has 190 valence electrons. The number of hydrogen-bond acceptors (Lipinski definition) is 5. The van der Waals surface area contributed by atoms with Crippen molar-refractivity contribution >= 4 is 28.8 Å². The molecule has 0 saturated carbocycles. The Morgan fingerprint density at radius 1 is 1.11 bits per heavy atom. The maximum atomic E-state index is 13.4. The number of nitrogens with zero attached hydrogens (tertiary/aromatic N) is 3. The van der Waals surface area contributed by atoms with Gasteiger partial charge in [0.1, 0.15) is 11.4 Å². The Hall–Kier alpha value is -3.93. The van der Waals surface area contributed by atoms with Crippen molar-refractivity contribution in [3.8, 4) is 5.75 Å². The lowest BCUT2D eigenvalue weighted by atomic mass is 9.80. The van der Waals surface area contributed by atoms with Crippen LogP contribution in [0.2, 0.25) is 0 Å². The average Bonchev–Trinajstić information content (AvgIpc) is 3.35. The molecule has 0 bridgehead atoms. The van der Waals surface area contributed by atoms with E-state index in [0.29, 0.717) is 23.6 Å². The van der Waals surface area contributed by atoms with E-state index in [1.165, 1.54) is 6.42 Å². The van der Waals surface area contributed by atoms with Gasteiger partial charge in [0.25, 0.3) is 0 Å². The molecule has 0 fully saturated rings. The van der Waals surface area contributed by atoms with Crippen LogP contribution in [0, 0.1) is 6.92 Å². The van der Waals surface area contributed by atoms with Crippen molar-refractivity contribution in [2.45, 2.75) is 52.1 Å². The van der Waals surface area contributed by atoms with Crippen LogP contribution in [-0.2, 0) is 17.4 Å². The Morgan fingerprint density at radius 2 is 1.95 bits per heavy atom. The molecule has 2 aromatic heterocycles. The maximum absolute atomic E-state index is 13.4. The van der Waals surface area contributed by atoms with Crippen molar-refractivity contribution in [2.75, 3.05) is 6.61 Å². The highest BCUT2D eigenvalue weighted by Gasteiger charge is 2.53. The van der Waals surface area contributed by atoms with E-state index in [-0.39, 0.29) is 5.97 Å². The molecule has 3 heterocycles. The van der Waals surface area contributed by atoms with Gasteiger partial charge in [0.2, 0.25) is 5.60 Å². The molecule has 1 atom stereocenters. The molecule has 0 spiro atoms. The molecular formula is C31H33N3O3. The maximum Gasteiger partial charge on any atom is 0.341 e. The lowest BCUT2D eigenvalue weighted by Crippen LogP contribution is -2.32. The van der Waals surface area contributed by atoms with Crippen LogP contribution in [0.15, 0.2) is 65.8 Å². The van der Waals surface area contributed by atoms with Gasteiger partial charge in [-0.2, -0.15) is 0 Å². The molecule has 5 rings (SSSR count). The molecule has 0 radical (unpaired) electrons. The number of aromatic nitrogens is 2. The second-order valence-corrected chi connectivity index (χ2v) is 9.48. The van der Waals surface area contributed by atoms with Crippen LogP contribution in [0.5, 0.6) is 5.75 Å². The van der Waals surface area contributed by atoms with Gasteiger partial charge in [-0.3, -0.25) is 9.98 Å². The molecule has 6 nitrogen and oxygen atoms in total. The van der Waals surface area contributed by atoms with Gasteiger partial charge in [-0.15, -0.1) is 0 Å². The van der Waals surface area contributed by atoms with Crippen molar-refractivity contribution in [1.29, 1.82) is 0 Å². The highest BCUT2D eigenvalue weighted by atomic mass is 16.6. The highest BCUT2D eigenvalue weighted by molar-refractivity contribution is 5.98. The summed E-state index contributed by atoms with van der Waals surface area (Å²) in [6.45, 7) is 6.71. The molecule has 0 saturated heterocycles. The highest BCUT2D eigenvalue weighted by Crippen LogP contribution is 2.52. The number of pyridine rings is 1. The molecule has 2 aromatic carbocycles. The van der Waals surface area contributed by atoms with Gasteiger partial charge in [0.05, 0.1) is 17.9 Å². The average molecular weight is 496 g/mol. The fourth-order valence-electron chi connectivity index (χ4n) is 5.41. The first-order valence-corrected chi connectivity index (χ1v) is 13.0. The third kappa shape index (κ3) is 4.10. The number of aryl methyl sites for hydroxylation is 1. The number of hydrogen-bond donors (Lipinski definition) is 0. The van der Waals surface area contributed by atoms with Gasteiger partial charge >= 0.3 is 5.97 Å². The fourth-order valence-corrected chi connectivity index (χ4v) is 5.41. The van der Waals surface area contributed by atoms with Crippen molar-refractivity contribution in [2.24, 2.45) is 12.0 Å². The van der Waals surface area contributed by atoms with Crippen LogP contribution in [0.1, 0.15) is 72.4 Å². The number of ether oxygens (including phenoxy) is 2. The van der Waals surface area contributed by atoms with E-state index in [9.17, 15) is 4.79 Å². The summed E-state index contributed by atoms with van der Waals surface area (Å²) in [5.74, 6) is 0.262. The predicted octanol–water partition coefficient (Wildman–Crippen LogP) is 7.03. The molecule has 37 heavy (non-hydrogen) atoms. The molecule has 1 aliphatic heterocycles. The van der Waals surface area contributed by atoms with Gasteiger partial charge in [0.15, 0.2) is 0 Å². The minimum Gasteiger partial charge on any atom is -0.493 e. The van der Waals surface area contributed by atoms with E-state index in [1.807, 2.05) is 44.3 Å². The summed E-state index contributed by atoms with van der Waals surface area (Å²) in [6, 6.07) is 17.6. The van der Waals surface area contributed by atoms with Crippen LogP contribution >= 0.6 is 0 Å². The normalized spacial score (nSPS) is 16.9. The summed E-state index contributed by atoms with van der Waals surface area (Å²) in [6.07, 6.45) is 7.86. The summed E-state index contributed by atoms with van der Waals surface area (Å²) in [4.78, 5) is 22.6. The van der Waals surface area contributed by atoms with Crippen LogP contribution in [-0.4, -0.2) is 28.3 Å². The number of esters is 1. The molecule has 0 aliphatic carbocycles.